The molecule has 1 aliphatic carbocycles. The molecule has 7 nitrogen and oxygen atoms in total. The van der Waals surface area contributed by atoms with Gasteiger partial charge in [-0.3, -0.25) is 9.69 Å². The van der Waals surface area contributed by atoms with Gasteiger partial charge in [0.1, 0.15) is 5.76 Å². The average molecular weight is 399 g/mol. The van der Waals surface area contributed by atoms with Crippen LogP contribution >= 0.6 is 0 Å². The third kappa shape index (κ3) is 3.58. The lowest BCUT2D eigenvalue weighted by atomic mass is 9.95. The smallest absolute Gasteiger partial charge is 0.222 e. The van der Waals surface area contributed by atoms with E-state index >= 15 is 0 Å². The number of rotatable bonds is 7. The number of carbonyl (C=O) groups excluding carboxylic acids is 1. The number of carbonyl (C=O) groups is 1. The van der Waals surface area contributed by atoms with Crippen molar-refractivity contribution in [2.45, 2.75) is 38.8 Å². The summed E-state index contributed by atoms with van der Waals surface area (Å²) in [6.07, 6.45) is -0.357. The Morgan fingerprint density at radius 2 is 2.10 bits per heavy atom. The zero-order chi connectivity index (χ0) is 20.6. The number of aliphatic hydroxyl groups excluding tert-OH is 2. The second-order valence-electron chi connectivity index (χ2n) is 8.37. The van der Waals surface area contributed by atoms with Gasteiger partial charge in [-0.2, -0.15) is 0 Å². The number of benzene rings is 1. The van der Waals surface area contributed by atoms with Crippen molar-refractivity contribution in [2.75, 3.05) is 26.2 Å². The molecular weight excluding hydrogens is 370 g/mol. The van der Waals surface area contributed by atoms with Gasteiger partial charge in [0, 0.05) is 43.6 Å². The summed E-state index contributed by atoms with van der Waals surface area (Å²) in [6.45, 7) is 6.27. The van der Waals surface area contributed by atoms with Crippen LogP contribution in [0.4, 0.5) is 0 Å². The molecule has 0 radical (unpaired) electrons. The van der Waals surface area contributed by atoms with E-state index in [1.807, 2.05) is 32.0 Å². The van der Waals surface area contributed by atoms with E-state index in [0.717, 1.165) is 23.6 Å². The first-order chi connectivity index (χ1) is 14.0. The number of likely N-dealkylation sites (tertiary alicyclic amines) is 1. The van der Waals surface area contributed by atoms with Gasteiger partial charge in [-0.05, 0) is 31.2 Å². The Bertz CT molecular complexity index is 849. The Morgan fingerprint density at radius 1 is 1.34 bits per heavy atom. The zero-order valence-electron chi connectivity index (χ0n) is 17.0. The van der Waals surface area contributed by atoms with Crippen LogP contribution in [0.5, 0.6) is 0 Å². The monoisotopic (exact) mass is 399 g/mol. The Morgan fingerprint density at radius 3 is 2.76 bits per heavy atom. The first kappa shape index (κ1) is 20.1. The predicted molar refractivity (Wildman–Crippen MR) is 107 cm³/mol. The fourth-order valence-corrected chi connectivity index (χ4v) is 5.18. The quantitative estimate of drug-likeness (QED) is 0.650. The lowest BCUT2D eigenvalue weighted by molar-refractivity contribution is -0.121. The predicted octanol–water partition coefficient (Wildman–Crippen LogP) is 1.37. The molecule has 4 rings (SSSR count). The van der Waals surface area contributed by atoms with Gasteiger partial charge in [0.25, 0.3) is 0 Å². The van der Waals surface area contributed by atoms with Crippen LogP contribution < -0.4 is 5.32 Å². The van der Waals surface area contributed by atoms with Gasteiger partial charge in [-0.25, -0.2) is 0 Å². The van der Waals surface area contributed by atoms with Crippen LogP contribution in [0.1, 0.15) is 34.9 Å². The van der Waals surface area contributed by atoms with Gasteiger partial charge in [0.2, 0.25) is 5.91 Å². The summed E-state index contributed by atoms with van der Waals surface area (Å²) in [5.41, 5.74) is 2.90. The molecule has 2 fully saturated rings. The molecule has 2 heterocycles. The molecule has 0 unspecified atom stereocenters. The third-order valence-corrected chi connectivity index (χ3v) is 6.69. The molecule has 29 heavy (non-hydrogen) atoms. The van der Waals surface area contributed by atoms with Crippen molar-refractivity contribution in [1.82, 2.24) is 15.4 Å². The van der Waals surface area contributed by atoms with Gasteiger partial charge in [0.05, 0.1) is 18.4 Å². The number of hydrogen-bond acceptors (Lipinski definition) is 6. The number of aliphatic hydroxyl groups is 2. The van der Waals surface area contributed by atoms with Crippen LogP contribution in [-0.4, -0.2) is 58.5 Å². The molecule has 1 aromatic carbocycles. The van der Waals surface area contributed by atoms with Gasteiger partial charge in [-0.15, -0.1) is 0 Å². The number of hydrogen-bond donors (Lipinski definition) is 3. The zero-order valence-corrected chi connectivity index (χ0v) is 17.0. The van der Waals surface area contributed by atoms with Gasteiger partial charge >= 0.3 is 0 Å². The number of aryl methyl sites for hydroxylation is 2. The van der Waals surface area contributed by atoms with E-state index in [2.05, 4.69) is 27.5 Å². The molecule has 7 heteroatoms. The number of β-amino-alcohol motifs (C(OH)–C–C–N with tert-alkyl or cyclic N) is 1. The number of nitrogens with zero attached hydrogens (tertiary/aromatic N) is 2. The third-order valence-electron chi connectivity index (χ3n) is 6.69. The van der Waals surface area contributed by atoms with E-state index in [9.17, 15) is 9.90 Å². The highest BCUT2D eigenvalue weighted by molar-refractivity contribution is 5.76. The van der Waals surface area contributed by atoms with E-state index < -0.39 is 6.10 Å². The van der Waals surface area contributed by atoms with Crippen molar-refractivity contribution in [3.8, 4) is 0 Å². The second-order valence-corrected chi connectivity index (χ2v) is 8.37. The molecule has 2 aromatic rings. The molecule has 1 aliphatic heterocycles. The lowest BCUT2D eigenvalue weighted by Gasteiger charge is -2.17. The van der Waals surface area contributed by atoms with E-state index in [1.54, 1.807) is 0 Å². The molecule has 1 aromatic heterocycles. The maximum atomic E-state index is 11.9. The topological polar surface area (TPSA) is 98.8 Å². The molecule has 156 valence electrons. The minimum Gasteiger partial charge on any atom is -0.396 e. The van der Waals surface area contributed by atoms with Gasteiger partial charge in [-0.1, -0.05) is 35.5 Å². The summed E-state index contributed by atoms with van der Waals surface area (Å²) < 4.78 is 5.29. The number of aromatic nitrogens is 1. The standard InChI is InChI=1S/C22H29N3O4/c1-14-17(15(2)29-24-14)11-25-12-19(27)22(13-25)18(10-23-20(28)8-9-26)21(22)16-6-4-3-5-7-16/h3-7,18-19,21,26-27H,8-13H2,1-2H3,(H,23,28)/t18-,19-,21-,22-/m1/s1. The average Bonchev–Trinajstić information content (AvgIpc) is 3.08. The molecule has 1 saturated heterocycles. The molecular formula is C22H29N3O4. The van der Waals surface area contributed by atoms with E-state index in [0.29, 0.717) is 19.6 Å². The lowest BCUT2D eigenvalue weighted by Crippen LogP contribution is -2.30. The van der Waals surface area contributed by atoms with Crippen molar-refractivity contribution in [3.63, 3.8) is 0 Å². The highest BCUT2D eigenvalue weighted by Crippen LogP contribution is 2.68. The SMILES string of the molecule is Cc1noc(C)c1CN1C[C@@H](O)[C@@]2(C1)[C@H](CNC(=O)CCO)[C@H]2c1ccccc1. The summed E-state index contributed by atoms with van der Waals surface area (Å²) in [6, 6.07) is 10.2. The summed E-state index contributed by atoms with van der Waals surface area (Å²) in [4.78, 5) is 14.2. The Labute approximate surface area is 170 Å². The summed E-state index contributed by atoms with van der Waals surface area (Å²) in [5.74, 6) is 1.03. The Kier molecular flexibility index (Phi) is 5.46. The van der Waals surface area contributed by atoms with Crippen LogP contribution in [0.2, 0.25) is 0 Å². The molecule has 1 spiro atoms. The van der Waals surface area contributed by atoms with Crippen LogP contribution in [0, 0.1) is 25.2 Å². The fourth-order valence-electron chi connectivity index (χ4n) is 5.18. The normalized spacial score (nSPS) is 28.8. The minimum atomic E-state index is -0.465. The van der Waals surface area contributed by atoms with Crippen molar-refractivity contribution in [2.24, 2.45) is 11.3 Å². The maximum absolute atomic E-state index is 11.9. The number of amides is 1. The fraction of sp³-hybridized carbons (Fsp3) is 0.545. The van der Waals surface area contributed by atoms with Crippen molar-refractivity contribution in [3.05, 3.63) is 52.9 Å². The van der Waals surface area contributed by atoms with Gasteiger partial charge < -0.3 is 20.1 Å². The van der Waals surface area contributed by atoms with Crippen LogP contribution in [0.3, 0.4) is 0 Å². The highest BCUT2D eigenvalue weighted by Gasteiger charge is 2.70. The largest absolute Gasteiger partial charge is 0.396 e. The second kappa shape index (κ2) is 7.89. The maximum Gasteiger partial charge on any atom is 0.222 e. The Hall–Kier alpha value is -2.22. The molecule has 0 bridgehead atoms. The van der Waals surface area contributed by atoms with Crippen LogP contribution in [-0.2, 0) is 11.3 Å². The van der Waals surface area contributed by atoms with E-state index in [1.165, 1.54) is 5.56 Å². The summed E-state index contributed by atoms with van der Waals surface area (Å²) >= 11 is 0. The minimum absolute atomic E-state index is 0.108. The molecule has 1 amide bonds. The van der Waals surface area contributed by atoms with Gasteiger partial charge in [0.15, 0.2) is 0 Å². The highest BCUT2D eigenvalue weighted by atomic mass is 16.5. The Balaban J connectivity index is 1.53. The molecule has 3 N–H and O–H groups in total. The number of nitrogens with one attached hydrogen (secondary N) is 1. The van der Waals surface area contributed by atoms with Crippen molar-refractivity contribution in [1.29, 1.82) is 0 Å². The molecule has 2 aliphatic rings. The first-order valence-corrected chi connectivity index (χ1v) is 10.2. The summed E-state index contributed by atoms with van der Waals surface area (Å²) in [7, 11) is 0. The van der Waals surface area contributed by atoms with Crippen LogP contribution in [0.25, 0.3) is 0 Å². The molecule has 4 atom stereocenters. The van der Waals surface area contributed by atoms with E-state index in [-0.39, 0.29) is 36.2 Å². The van der Waals surface area contributed by atoms with Crippen molar-refractivity contribution < 1.29 is 19.5 Å². The summed E-state index contributed by atoms with van der Waals surface area (Å²) in [5, 5.41) is 27.1. The first-order valence-electron chi connectivity index (χ1n) is 10.2. The van der Waals surface area contributed by atoms with Crippen molar-refractivity contribution >= 4 is 5.91 Å². The van der Waals surface area contributed by atoms with Crippen LogP contribution in [0.15, 0.2) is 34.9 Å². The van der Waals surface area contributed by atoms with E-state index in [4.69, 9.17) is 9.63 Å². The molecule has 1 saturated carbocycles.